The lowest BCUT2D eigenvalue weighted by Crippen LogP contribution is -2.20. The SMILES string of the molecule is CCOC(=O)c1ccc2c(c1)NC(=O)C2C(CC)=Nc1ccc(C(=O)O)cc1. The van der Waals surface area contributed by atoms with E-state index >= 15 is 0 Å². The Hall–Kier alpha value is -3.48. The second-order valence-electron chi connectivity index (χ2n) is 6.25. The van der Waals surface area contributed by atoms with E-state index in [1.165, 1.54) is 12.1 Å². The third kappa shape index (κ3) is 3.78. The van der Waals surface area contributed by atoms with E-state index in [2.05, 4.69) is 10.3 Å². The molecule has 2 aromatic carbocycles. The number of carbonyl (C=O) groups is 3. The maximum Gasteiger partial charge on any atom is 0.338 e. The van der Waals surface area contributed by atoms with E-state index in [1.807, 2.05) is 6.92 Å². The van der Waals surface area contributed by atoms with Crippen LogP contribution in [0.1, 0.15) is 52.5 Å². The number of ether oxygens (including phenoxy) is 1. The predicted molar refractivity (Wildman–Crippen MR) is 105 cm³/mol. The summed E-state index contributed by atoms with van der Waals surface area (Å²) in [6, 6.07) is 11.2. The number of amides is 1. The lowest BCUT2D eigenvalue weighted by molar-refractivity contribution is -0.115. The summed E-state index contributed by atoms with van der Waals surface area (Å²) < 4.78 is 5.00. The van der Waals surface area contributed by atoms with Crippen molar-refractivity contribution in [1.82, 2.24) is 0 Å². The molecule has 1 heterocycles. The molecule has 1 amide bonds. The van der Waals surface area contributed by atoms with Gasteiger partial charge in [0.15, 0.2) is 0 Å². The van der Waals surface area contributed by atoms with E-state index < -0.39 is 17.9 Å². The number of rotatable bonds is 6. The summed E-state index contributed by atoms with van der Waals surface area (Å²) in [6.07, 6.45) is 0.540. The van der Waals surface area contributed by atoms with Crippen LogP contribution in [-0.2, 0) is 9.53 Å². The molecule has 2 N–H and O–H groups in total. The van der Waals surface area contributed by atoms with Crippen molar-refractivity contribution in [3.8, 4) is 0 Å². The number of hydrogen-bond donors (Lipinski definition) is 2. The molecule has 1 aliphatic rings. The monoisotopic (exact) mass is 380 g/mol. The zero-order chi connectivity index (χ0) is 20.3. The molecule has 0 aliphatic carbocycles. The number of carboxylic acid groups (broad SMARTS) is 1. The minimum atomic E-state index is -1.01. The van der Waals surface area contributed by atoms with Crippen molar-refractivity contribution in [3.63, 3.8) is 0 Å². The van der Waals surface area contributed by atoms with E-state index in [-0.39, 0.29) is 18.1 Å². The molecule has 0 bridgehead atoms. The van der Waals surface area contributed by atoms with E-state index in [9.17, 15) is 14.4 Å². The quantitative estimate of drug-likeness (QED) is 0.586. The second kappa shape index (κ2) is 8.04. The van der Waals surface area contributed by atoms with E-state index in [0.29, 0.717) is 29.1 Å². The smallest absolute Gasteiger partial charge is 0.338 e. The van der Waals surface area contributed by atoms with Crippen molar-refractivity contribution >= 4 is 34.9 Å². The number of aliphatic imine (C=N–C) groups is 1. The molecule has 1 aliphatic heterocycles. The number of anilines is 1. The van der Waals surface area contributed by atoms with Crippen molar-refractivity contribution in [1.29, 1.82) is 0 Å². The molecule has 7 heteroatoms. The number of fused-ring (bicyclic) bond motifs is 1. The Kier molecular flexibility index (Phi) is 5.54. The molecular formula is C21H20N2O5. The number of aromatic carboxylic acids is 1. The molecule has 0 saturated heterocycles. The molecule has 1 atom stereocenters. The molecule has 0 fully saturated rings. The summed E-state index contributed by atoms with van der Waals surface area (Å²) >= 11 is 0. The van der Waals surface area contributed by atoms with Crippen LogP contribution in [0.2, 0.25) is 0 Å². The molecule has 0 aromatic heterocycles. The third-order valence-electron chi connectivity index (χ3n) is 4.48. The van der Waals surface area contributed by atoms with Crippen LogP contribution < -0.4 is 5.32 Å². The summed E-state index contributed by atoms with van der Waals surface area (Å²) in [6.45, 7) is 3.91. The molecule has 0 radical (unpaired) electrons. The first kappa shape index (κ1) is 19.3. The van der Waals surface area contributed by atoms with Crippen molar-refractivity contribution in [3.05, 3.63) is 59.2 Å². The van der Waals surface area contributed by atoms with Gasteiger partial charge in [-0.3, -0.25) is 9.79 Å². The zero-order valence-electron chi connectivity index (χ0n) is 15.6. The van der Waals surface area contributed by atoms with Gasteiger partial charge in [0.25, 0.3) is 0 Å². The van der Waals surface area contributed by atoms with Crippen LogP contribution in [0.5, 0.6) is 0 Å². The van der Waals surface area contributed by atoms with Crippen LogP contribution in [0.15, 0.2) is 47.5 Å². The standard InChI is InChI=1S/C21H20N2O5/c1-3-16(22-14-8-5-12(6-9-14)20(25)26)18-15-10-7-13(21(27)28-4-2)11-17(15)23-19(18)24/h5-11,18H,3-4H2,1-2H3,(H,23,24)(H,25,26). The number of hydrogen-bond acceptors (Lipinski definition) is 5. The average molecular weight is 380 g/mol. The predicted octanol–water partition coefficient (Wildman–Crippen LogP) is 3.78. The third-order valence-corrected chi connectivity index (χ3v) is 4.48. The van der Waals surface area contributed by atoms with Gasteiger partial charge in [0.1, 0.15) is 5.92 Å². The number of carboxylic acids is 1. The van der Waals surface area contributed by atoms with E-state index in [1.54, 1.807) is 37.3 Å². The van der Waals surface area contributed by atoms with Crippen LogP contribution in [0, 0.1) is 0 Å². The summed E-state index contributed by atoms with van der Waals surface area (Å²) in [5.41, 5.74) is 3.10. The highest BCUT2D eigenvalue weighted by Gasteiger charge is 2.34. The Morgan fingerprint density at radius 1 is 1.11 bits per heavy atom. The first-order valence-electron chi connectivity index (χ1n) is 8.97. The Bertz CT molecular complexity index is 963. The topological polar surface area (TPSA) is 105 Å². The van der Waals surface area contributed by atoms with Gasteiger partial charge in [0.2, 0.25) is 5.91 Å². The number of benzene rings is 2. The summed E-state index contributed by atoms with van der Waals surface area (Å²) in [5, 5.41) is 11.8. The minimum Gasteiger partial charge on any atom is -0.478 e. The van der Waals surface area contributed by atoms with Gasteiger partial charge in [-0.05, 0) is 55.3 Å². The Morgan fingerprint density at radius 3 is 2.39 bits per heavy atom. The highest BCUT2D eigenvalue weighted by atomic mass is 16.5. The summed E-state index contributed by atoms with van der Waals surface area (Å²) in [4.78, 5) is 40.0. The van der Waals surface area contributed by atoms with Crippen LogP contribution in [0.3, 0.4) is 0 Å². The first-order valence-corrected chi connectivity index (χ1v) is 8.97. The van der Waals surface area contributed by atoms with Crippen molar-refractivity contribution < 1.29 is 24.2 Å². The summed E-state index contributed by atoms with van der Waals surface area (Å²) in [7, 11) is 0. The van der Waals surface area contributed by atoms with Gasteiger partial charge in [0.05, 0.1) is 23.4 Å². The van der Waals surface area contributed by atoms with Gasteiger partial charge in [-0.1, -0.05) is 13.0 Å². The van der Waals surface area contributed by atoms with Crippen molar-refractivity contribution in [2.45, 2.75) is 26.2 Å². The Labute approximate surface area is 162 Å². The van der Waals surface area contributed by atoms with Crippen molar-refractivity contribution in [2.24, 2.45) is 4.99 Å². The van der Waals surface area contributed by atoms with Gasteiger partial charge in [-0.2, -0.15) is 0 Å². The molecule has 2 aromatic rings. The number of esters is 1. The highest BCUT2D eigenvalue weighted by Crippen LogP contribution is 2.36. The normalized spacial score (nSPS) is 15.7. The largest absolute Gasteiger partial charge is 0.478 e. The molecule has 3 rings (SSSR count). The van der Waals surface area contributed by atoms with Gasteiger partial charge in [0, 0.05) is 11.4 Å². The first-order chi connectivity index (χ1) is 13.4. The van der Waals surface area contributed by atoms with Gasteiger partial charge in [-0.25, -0.2) is 9.59 Å². The number of carbonyl (C=O) groups excluding carboxylic acids is 2. The van der Waals surface area contributed by atoms with Crippen LogP contribution >= 0.6 is 0 Å². The molecule has 144 valence electrons. The minimum absolute atomic E-state index is 0.174. The van der Waals surface area contributed by atoms with E-state index in [0.717, 1.165) is 5.56 Å². The molecule has 1 unspecified atom stereocenters. The van der Waals surface area contributed by atoms with Gasteiger partial charge < -0.3 is 15.2 Å². The van der Waals surface area contributed by atoms with Crippen LogP contribution in [0.4, 0.5) is 11.4 Å². The fourth-order valence-electron chi connectivity index (χ4n) is 3.13. The maximum atomic E-state index is 12.6. The number of nitrogens with one attached hydrogen (secondary N) is 1. The van der Waals surface area contributed by atoms with Crippen LogP contribution in [0.25, 0.3) is 0 Å². The molecular weight excluding hydrogens is 360 g/mol. The van der Waals surface area contributed by atoms with Crippen LogP contribution in [-0.4, -0.2) is 35.3 Å². The van der Waals surface area contributed by atoms with Crippen molar-refractivity contribution in [2.75, 3.05) is 11.9 Å². The highest BCUT2D eigenvalue weighted by molar-refractivity contribution is 6.19. The second-order valence-corrected chi connectivity index (χ2v) is 6.25. The zero-order valence-corrected chi connectivity index (χ0v) is 15.6. The van der Waals surface area contributed by atoms with E-state index in [4.69, 9.17) is 9.84 Å². The number of nitrogens with zero attached hydrogens (tertiary/aromatic N) is 1. The fraction of sp³-hybridized carbons (Fsp3) is 0.238. The van der Waals surface area contributed by atoms with Gasteiger partial charge >= 0.3 is 11.9 Å². The Morgan fingerprint density at radius 2 is 1.79 bits per heavy atom. The lowest BCUT2D eigenvalue weighted by Gasteiger charge is -2.12. The molecule has 0 saturated carbocycles. The Balaban J connectivity index is 1.93. The molecule has 0 spiro atoms. The fourth-order valence-corrected chi connectivity index (χ4v) is 3.13. The lowest BCUT2D eigenvalue weighted by atomic mass is 9.93. The molecule has 28 heavy (non-hydrogen) atoms. The van der Waals surface area contributed by atoms with Gasteiger partial charge in [-0.15, -0.1) is 0 Å². The molecule has 7 nitrogen and oxygen atoms in total. The maximum absolute atomic E-state index is 12.6. The summed E-state index contributed by atoms with van der Waals surface area (Å²) in [5.74, 6) is -2.21. The average Bonchev–Trinajstić information content (AvgIpc) is 3.01.